The molecule has 0 aliphatic carbocycles. The van der Waals surface area contributed by atoms with Gasteiger partial charge in [-0.25, -0.2) is 4.79 Å². The van der Waals surface area contributed by atoms with Crippen LogP contribution in [0.1, 0.15) is 188 Å². The van der Waals surface area contributed by atoms with Gasteiger partial charge < -0.3 is 39.0 Å². The highest BCUT2D eigenvalue weighted by atomic mass is 16.7. The lowest BCUT2D eigenvalue weighted by atomic mass is 9.98. The molecule has 12 heteroatoms. The molecule has 3 N–H and O–H groups in total. The summed E-state index contributed by atoms with van der Waals surface area (Å²) in [5.41, 5.74) is 0. The first kappa shape index (κ1) is 73.1. The van der Waals surface area contributed by atoms with Crippen LogP contribution < -0.4 is 0 Å². The number of carbonyl (C=O) groups excluding carboxylic acids is 3. The fourth-order valence-electron chi connectivity index (χ4n) is 7.78. The van der Waals surface area contributed by atoms with Crippen molar-refractivity contribution in [3.63, 3.8) is 0 Å². The fourth-order valence-corrected chi connectivity index (χ4v) is 7.78. The molecule has 6 unspecified atom stereocenters. The van der Waals surface area contributed by atoms with Gasteiger partial charge in [-0.2, -0.15) is 0 Å². The van der Waals surface area contributed by atoms with Crippen LogP contribution in [0.2, 0.25) is 0 Å². The maximum absolute atomic E-state index is 13.2. The minimum Gasteiger partial charge on any atom is -0.479 e. The van der Waals surface area contributed by atoms with Crippen molar-refractivity contribution in [2.45, 2.75) is 225 Å². The van der Waals surface area contributed by atoms with E-state index in [4.69, 9.17) is 23.7 Å². The number of ether oxygens (including phenoxy) is 5. The van der Waals surface area contributed by atoms with Gasteiger partial charge in [0.15, 0.2) is 24.6 Å². The van der Waals surface area contributed by atoms with E-state index in [1.807, 2.05) is 18.2 Å². The second-order valence-electron chi connectivity index (χ2n) is 19.5. The number of hydrogen-bond donors (Lipinski definition) is 3. The highest BCUT2D eigenvalue weighted by Crippen LogP contribution is 2.26. The second-order valence-corrected chi connectivity index (χ2v) is 19.5. The molecule has 0 aromatic heterocycles. The summed E-state index contributed by atoms with van der Waals surface area (Å²) in [4.78, 5) is 51.2. The van der Waals surface area contributed by atoms with Gasteiger partial charge in [0.05, 0.1) is 6.61 Å². The number of aliphatic carboxylic acids is 1. The van der Waals surface area contributed by atoms with E-state index >= 15 is 0 Å². The Labute approximate surface area is 487 Å². The van der Waals surface area contributed by atoms with E-state index in [0.717, 1.165) is 122 Å². The smallest absolute Gasteiger partial charge is 0.335 e. The third-order valence-electron chi connectivity index (χ3n) is 12.3. The first-order valence-corrected chi connectivity index (χ1v) is 30.1. The highest BCUT2D eigenvalue weighted by Gasteiger charge is 2.50. The average molecular weight is 1120 g/mol. The van der Waals surface area contributed by atoms with E-state index in [1.54, 1.807) is 0 Å². The minimum absolute atomic E-state index is 0.0789. The number of carboxylic acid groups (broad SMARTS) is 1. The van der Waals surface area contributed by atoms with Crippen molar-refractivity contribution in [3.05, 3.63) is 170 Å². The molecule has 0 radical (unpaired) electrons. The number of aliphatic hydroxyl groups excluding tert-OH is 2. The summed E-state index contributed by atoms with van der Waals surface area (Å²) in [6.45, 7) is 5.53. The van der Waals surface area contributed by atoms with Crippen molar-refractivity contribution >= 4 is 23.9 Å². The molecule has 0 saturated carbocycles. The van der Waals surface area contributed by atoms with Gasteiger partial charge in [-0.15, -0.1) is 0 Å². The van der Waals surface area contributed by atoms with Crippen molar-refractivity contribution in [3.8, 4) is 0 Å². The van der Waals surface area contributed by atoms with E-state index < -0.39 is 67.3 Å². The summed E-state index contributed by atoms with van der Waals surface area (Å²) in [5, 5.41) is 31.5. The van der Waals surface area contributed by atoms with Crippen molar-refractivity contribution in [2.24, 2.45) is 0 Å². The summed E-state index contributed by atoms with van der Waals surface area (Å²) in [7, 11) is 0. The van der Waals surface area contributed by atoms with Crippen LogP contribution in [-0.4, -0.2) is 89.2 Å². The van der Waals surface area contributed by atoms with Gasteiger partial charge in [0, 0.05) is 19.3 Å². The molecular formula is C69H102O12. The molecule has 0 amide bonds. The number of allylic oxidation sites excluding steroid dienone is 28. The largest absolute Gasteiger partial charge is 0.479 e. The van der Waals surface area contributed by atoms with Crippen LogP contribution in [-0.2, 0) is 42.9 Å². The Morgan fingerprint density at radius 2 is 0.765 bits per heavy atom. The zero-order valence-electron chi connectivity index (χ0n) is 49.4. The first-order chi connectivity index (χ1) is 39.6. The van der Waals surface area contributed by atoms with Crippen molar-refractivity contribution in [1.82, 2.24) is 0 Å². The Morgan fingerprint density at radius 3 is 1.15 bits per heavy atom. The van der Waals surface area contributed by atoms with Crippen LogP contribution in [0.5, 0.6) is 0 Å². The van der Waals surface area contributed by atoms with Crippen LogP contribution >= 0.6 is 0 Å². The van der Waals surface area contributed by atoms with Crippen molar-refractivity contribution < 1.29 is 58.2 Å². The third-order valence-corrected chi connectivity index (χ3v) is 12.3. The monoisotopic (exact) mass is 1120 g/mol. The molecule has 1 aliphatic heterocycles. The van der Waals surface area contributed by atoms with Gasteiger partial charge in [-0.1, -0.05) is 204 Å². The number of unbranched alkanes of at least 4 members (excludes halogenated alkanes) is 6. The van der Waals surface area contributed by atoms with Crippen LogP contribution in [0.25, 0.3) is 0 Å². The normalized spacial score (nSPS) is 19.0. The van der Waals surface area contributed by atoms with Crippen LogP contribution in [0, 0.1) is 0 Å². The van der Waals surface area contributed by atoms with Gasteiger partial charge in [0.2, 0.25) is 0 Å². The number of carbonyl (C=O) groups is 4. The van der Waals surface area contributed by atoms with E-state index in [0.29, 0.717) is 25.7 Å². The number of aliphatic hydroxyl groups is 2. The number of esters is 3. The summed E-state index contributed by atoms with van der Waals surface area (Å²) >= 11 is 0. The Balaban J connectivity index is 2.78. The van der Waals surface area contributed by atoms with Gasteiger partial charge >= 0.3 is 23.9 Å². The fraction of sp³-hybridized carbons (Fsp3) is 0.536. The highest BCUT2D eigenvalue weighted by molar-refractivity contribution is 5.74. The zero-order valence-corrected chi connectivity index (χ0v) is 49.4. The van der Waals surface area contributed by atoms with E-state index in [9.17, 15) is 34.5 Å². The molecule has 1 aliphatic rings. The van der Waals surface area contributed by atoms with Crippen LogP contribution in [0.3, 0.4) is 0 Å². The molecule has 1 fully saturated rings. The number of hydrogen-bond acceptors (Lipinski definition) is 11. The van der Waals surface area contributed by atoms with E-state index in [1.165, 1.54) is 0 Å². The molecule has 0 spiro atoms. The molecule has 0 aromatic carbocycles. The van der Waals surface area contributed by atoms with Gasteiger partial charge in [0.1, 0.15) is 18.8 Å². The standard InChI is InChI=1S/C69H102O12/c1-4-7-10-13-16-19-22-25-27-29-31-33-35-38-40-43-46-49-52-55-61(70)77-58-60(79-62(71)56-53-50-47-44-42-39-36-34-32-30-28-26-23-20-17-14-11-8-5-2)59-78-69-67(65(74)64(73)66(81-69)68(75)76)80-63(72)57-54-51-48-45-41-37-24-21-18-15-12-9-6-3/h7-12,16-21,25-28,31-34,37-42,48,51,60,64-67,69,73-74H,4-6,13-15,22-24,29-30,35-36,43-47,49-50,52-59H2,1-3H3,(H,75,76)/b10-7-,11-8-,12-9-,19-16-,20-17-,21-18-,27-25-,28-26-,33-31-,34-32-,40-38-,41-37-,42-39-,51-48-. The molecular weight excluding hydrogens is 1020 g/mol. The quantitative estimate of drug-likeness (QED) is 0.0228. The number of rotatable bonds is 48. The SMILES string of the molecule is CC/C=C\C/C=C\C/C=C\C/C=C\C/C=C\CCCCCC(=O)OCC(COC1OC(C(=O)O)C(O)C(O)C1OC(=O)CC/C=C\C/C=C\C/C=C\C/C=C\CC)OC(=O)CCCCC/C=C\C/C=C\C/C=C\C/C=C\C/C=C\CC. The molecule has 6 atom stereocenters. The maximum Gasteiger partial charge on any atom is 0.335 e. The average Bonchev–Trinajstić information content (AvgIpc) is 3.46. The number of carboxylic acids is 1. The summed E-state index contributed by atoms with van der Waals surface area (Å²) in [6, 6.07) is 0. The topological polar surface area (TPSA) is 175 Å². The van der Waals surface area contributed by atoms with E-state index in [-0.39, 0.29) is 25.9 Å². The molecule has 1 saturated heterocycles. The minimum atomic E-state index is -1.95. The predicted octanol–water partition coefficient (Wildman–Crippen LogP) is 15.9. The van der Waals surface area contributed by atoms with Gasteiger partial charge in [-0.05, 0) is 135 Å². The van der Waals surface area contributed by atoms with Gasteiger partial charge in [-0.3, -0.25) is 14.4 Å². The summed E-state index contributed by atoms with van der Waals surface area (Å²) in [5.74, 6) is -3.35. The molecule has 0 aromatic rings. The lowest BCUT2D eigenvalue weighted by molar-refractivity contribution is -0.301. The van der Waals surface area contributed by atoms with Crippen LogP contribution in [0.15, 0.2) is 170 Å². The molecule has 12 nitrogen and oxygen atoms in total. The van der Waals surface area contributed by atoms with Crippen LogP contribution in [0.4, 0.5) is 0 Å². The summed E-state index contributed by atoms with van der Waals surface area (Å²) < 4.78 is 28.3. The maximum atomic E-state index is 13.2. The molecule has 1 rings (SSSR count). The Bertz CT molecular complexity index is 2060. The first-order valence-electron chi connectivity index (χ1n) is 30.1. The summed E-state index contributed by atoms with van der Waals surface area (Å²) in [6.07, 6.45) is 69.1. The Hall–Kier alpha value is -5.92. The molecule has 0 bridgehead atoms. The van der Waals surface area contributed by atoms with E-state index in [2.05, 4.69) is 173 Å². The van der Waals surface area contributed by atoms with Gasteiger partial charge in [0.25, 0.3) is 0 Å². The zero-order chi connectivity index (χ0) is 58.9. The lowest BCUT2D eigenvalue weighted by Crippen LogP contribution is -2.61. The van der Waals surface area contributed by atoms with Crippen molar-refractivity contribution in [2.75, 3.05) is 13.2 Å². The predicted molar refractivity (Wildman–Crippen MR) is 330 cm³/mol. The lowest BCUT2D eigenvalue weighted by Gasteiger charge is -2.40. The molecule has 81 heavy (non-hydrogen) atoms. The Morgan fingerprint density at radius 1 is 0.407 bits per heavy atom. The third kappa shape index (κ3) is 44.4. The van der Waals surface area contributed by atoms with Crippen molar-refractivity contribution in [1.29, 1.82) is 0 Å². The molecule has 1 heterocycles. The molecule has 450 valence electrons. The Kier molecular flexibility index (Phi) is 49.3. The second kappa shape index (κ2) is 54.7.